The molecule has 3 aromatic carbocycles. The fraction of sp³-hybridized carbons (Fsp3) is 0.250. The SMILES string of the molecule is CC(C)(C)c1ccc(C2=CC3C(=O)c4ccc5nc6c7c8c(nc(c4c58)=C3C=C2)CC=C7C(=O)C2C=C(c3ccc(C(C)(C)C)cc3)C=CC62)cc1. The maximum Gasteiger partial charge on any atom is 0.174 e. The van der Waals surface area contributed by atoms with Crippen molar-refractivity contribution in [3.8, 4) is 0 Å². The predicted octanol–water partition coefficient (Wildman–Crippen LogP) is 9.59. The Hall–Kier alpha value is -5.48. The van der Waals surface area contributed by atoms with Gasteiger partial charge in [-0.25, -0.2) is 0 Å². The van der Waals surface area contributed by atoms with Crippen LogP contribution in [0.3, 0.4) is 0 Å². The standard InChI is InChI=1S/C48H40N2O2/c1-47(2,3)29-13-7-25(8-14-29)27-11-17-31-35(23-27)45(51)33-19-21-38-41-39(33)43(31)49-37-22-20-34-40(42(37)41)44(50-38)32-18-12-28(24-36(32)46(34)52)26-9-15-30(16-10-26)48(4,5)6/h7-21,23-24,32,35-36H,22H2,1-6H3. The summed E-state index contributed by atoms with van der Waals surface area (Å²) in [5, 5.41) is 3.69. The number of benzene rings is 3. The minimum Gasteiger partial charge on any atom is -0.293 e. The lowest BCUT2D eigenvalue weighted by Crippen LogP contribution is -2.33. The highest BCUT2D eigenvalue weighted by atomic mass is 16.1. The first-order valence-electron chi connectivity index (χ1n) is 18.5. The third-order valence-corrected chi connectivity index (χ3v) is 11.9. The molecule has 2 aromatic heterocycles. The molecule has 0 spiro atoms. The van der Waals surface area contributed by atoms with Gasteiger partial charge in [-0.3, -0.25) is 19.6 Å². The molecule has 5 aromatic rings. The highest BCUT2D eigenvalue weighted by Gasteiger charge is 2.43. The molecule has 254 valence electrons. The molecule has 5 aliphatic rings. The molecule has 52 heavy (non-hydrogen) atoms. The van der Waals surface area contributed by atoms with Gasteiger partial charge in [-0.1, -0.05) is 133 Å². The van der Waals surface area contributed by atoms with Crippen LogP contribution < -0.4 is 5.35 Å². The zero-order chi connectivity index (χ0) is 35.8. The Morgan fingerprint density at radius 2 is 1.29 bits per heavy atom. The van der Waals surface area contributed by atoms with Crippen molar-refractivity contribution in [2.45, 2.75) is 64.7 Å². The number of carbonyl (C=O) groups is 2. The number of rotatable bonds is 2. The summed E-state index contributed by atoms with van der Waals surface area (Å²) in [4.78, 5) is 39.5. The summed E-state index contributed by atoms with van der Waals surface area (Å²) in [6.45, 7) is 13.3. The van der Waals surface area contributed by atoms with E-state index in [4.69, 9.17) is 9.97 Å². The van der Waals surface area contributed by atoms with Crippen molar-refractivity contribution in [2.75, 3.05) is 0 Å². The van der Waals surface area contributed by atoms with Crippen molar-refractivity contribution >= 4 is 55.5 Å². The largest absolute Gasteiger partial charge is 0.293 e. The van der Waals surface area contributed by atoms with Crippen LogP contribution in [0, 0.1) is 11.8 Å². The van der Waals surface area contributed by atoms with Crippen molar-refractivity contribution in [3.63, 3.8) is 0 Å². The summed E-state index contributed by atoms with van der Waals surface area (Å²) in [6.07, 6.45) is 15.4. The lowest BCUT2D eigenvalue weighted by molar-refractivity contribution is -0.116. The summed E-state index contributed by atoms with van der Waals surface area (Å²) in [5.74, 6) is -0.680. The molecular formula is C48H40N2O2. The molecule has 4 nitrogen and oxygen atoms in total. The number of Topliss-reactive ketones (excluding diaryl/α,β-unsaturated/α-hetero) is 2. The van der Waals surface area contributed by atoms with Gasteiger partial charge in [-0.2, -0.15) is 0 Å². The van der Waals surface area contributed by atoms with Crippen molar-refractivity contribution in [1.29, 1.82) is 0 Å². The Kier molecular flexibility index (Phi) is 6.34. The van der Waals surface area contributed by atoms with Crippen LogP contribution in [-0.4, -0.2) is 21.5 Å². The number of allylic oxidation sites excluding steroid dienone is 10. The molecule has 5 aliphatic carbocycles. The second kappa shape index (κ2) is 10.5. The fourth-order valence-electron chi connectivity index (χ4n) is 9.05. The first-order chi connectivity index (χ1) is 24.9. The number of carbonyl (C=O) groups excluding carboxylic acids is 2. The maximum atomic E-state index is 14.4. The fourth-order valence-corrected chi connectivity index (χ4v) is 9.05. The first kappa shape index (κ1) is 31.3. The average molecular weight is 677 g/mol. The molecule has 0 saturated heterocycles. The van der Waals surface area contributed by atoms with E-state index in [1.54, 1.807) is 0 Å². The Bertz CT molecular complexity index is 2680. The highest BCUT2D eigenvalue weighted by Crippen LogP contribution is 2.50. The van der Waals surface area contributed by atoms with Crippen LogP contribution in [0.1, 0.15) is 97.0 Å². The number of pyridine rings is 2. The van der Waals surface area contributed by atoms with Gasteiger partial charge in [0, 0.05) is 45.2 Å². The van der Waals surface area contributed by atoms with Gasteiger partial charge in [-0.15, -0.1) is 0 Å². The lowest BCUT2D eigenvalue weighted by Gasteiger charge is -2.35. The molecule has 10 rings (SSSR count). The van der Waals surface area contributed by atoms with Gasteiger partial charge in [0.05, 0.1) is 34.1 Å². The van der Waals surface area contributed by atoms with E-state index in [-0.39, 0.29) is 34.2 Å². The van der Waals surface area contributed by atoms with Gasteiger partial charge in [0.1, 0.15) is 0 Å². The molecule has 0 radical (unpaired) electrons. The third kappa shape index (κ3) is 4.39. The summed E-state index contributed by atoms with van der Waals surface area (Å²) in [5.41, 5.74) is 13.1. The van der Waals surface area contributed by atoms with E-state index in [2.05, 4.69) is 133 Å². The van der Waals surface area contributed by atoms with Crippen LogP contribution >= 0.6 is 0 Å². The van der Waals surface area contributed by atoms with E-state index < -0.39 is 5.92 Å². The van der Waals surface area contributed by atoms with Gasteiger partial charge in [0.25, 0.3) is 0 Å². The number of aromatic nitrogens is 2. The minimum atomic E-state index is -0.409. The van der Waals surface area contributed by atoms with Crippen LogP contribution in [0.2, 0.25) is 0 Å². The molecule has 4 heteroatoms. The normalized spacial score (nSPS) is 21.6. The quantitative estimate of drug-likeness (QED) is 0.187. The van der Waals surface area contributed by atoms with Gasteiger partial charge < -0.3 is 0 Å². The van der Waals surface area contributed by atoms with Crippen LogP contribution in [-0.2, 0) is 22.0 Å². The first-order valence-corrected chi connectivity index (χ1v) is 18.5. The summed E-state index contributed by atoms with van der Waals surface area (Å²) in [6, 6.07) is 21.4. The van der Waals surface area contributed by atoms with Gasteiger partial charge >= 0.3 is 0 Å². The zero-order valence-corrected chi connectivity index (χ0v) is 30.5. The predicted molar refractivity (Wildman–Crippen MR) is 211 cm³/mol. The van der Waals surface area contributed by atoms with E-state index in [1.165, 1.54) is 11.1 Å². The second-order valence-electron chi connectivity index (χ2n) is 17.2. The Balaban J connectivity index is 1.10. The van der Waals surface area contributed by atoms with Crippen LogP contribution in [0.5, 0.6) is 0 Å². The van der Waals surface area contributed by atoms with Crippen molar-refractivity contribution in [3.05, 3.63) is 153 Å². The smallest absolute Gasteiger partial charge is 0.174 e. The second-order valence-corrected chi connectivity index (χ2v) is 17.2. The molecule has 3 atom stereocenters. The highest BCUT2D eigenvalue weighted by molar-refractivity contribution is 6.32. The maximum absolute atomic E-state index is 14.4. The molecule has 0 aliphatic heterocycles. The Labute approximate surface area is 304 Å². The van der Waals surface area contributed by atoms with Crippen molar-refractivity contribution in [2.24, 2.45) is 11.8 Å². The molecule has 0 fully saturated rings. The van der Waals surface area contributed by atoms with E-state index in [0.717, 1.165) is 77.4 Å². The molecular weight excluding hydrogens is 637 g/mol. The zero-order valence-electron chi connectivity index (χ0n) is 30.5. The van der Waals surface area contributed by atoms with Crippen LogP contribution in [0.15, 0.2) is 103 Å². The number of hydrogen-bond acceptors (Lipinski definition) is 4. The molecule has 2 heterocycles. The van der Waals surface area contributed by atoms with Crippen molar-refractivity contribution in [1.82, 2.24) is 9.97 Å². The van der Waals surface area contributed by atoms with E-state index in [0.29, 0.717) is 12.0 Å². The van der Waals surface area contributed by atoms with Crippen molar-refractivity contribution < 1.29 is 9.59 Å². The van der Waals surface area contributed by atoms with Gasteiger partial charge in [-0.05, 0) is 61.9 Å². The topological polar surface area (TPSA) is 59.9 Å². The van der Waals surface area contributed by atoms with Crippen LogP contribution in [0.25, 0.3) is 44.0 Å². The average Bonchev–Trinajstić information content (AvgIpc) is 3.14. The number of hydrogen-bond donors (Lipinski definition) is 0. The third-order valence-electron chi connectivity index (χ3n) is 11.9. The summed E-state index contributed by atoms with van der Waals surface area (Å²) in [7, 11) is 0. The summed E-state index contributed by atoms with van der Waals surface area (Å²) >= 11 is 0. The van der Waals surface area contributed by atoms with E-state index in [1.807, 2.05) is 12.1 Å². The lowest BCUT2D eigenvalue weighted by atomic mass is 9.68. The number of fused-ring (bicyclic) bond motifs is 3. The monoisotopic (exact) mass is 676 g/mol. The van der Waals surface area contributed by atoms with E-state index in [9.17, 15) is 9.59 Å². The van der Waals surface area contributed by atoms with Crippen LogP contribution in [0.4, 0.5) is 0 Å². The minimum absolute atomic E-state index is 0.0724. The Morgan fingerprint density at radius 1 is 0.635 bits per heavy atom. The number of nitrogens with zero attached hydrogens (tertiary/aromatic N) is 2. The molecule has 3 unspecified atom stereocenters. The van der Waals surface area contributed by atoms with Gasteiger partial charge in [0.2, 0.25) is 0 Å². The number of ketones is 2. The van der Waals surface area contributed by atoms with Gasteiger partial charge in [0.15, 0.2) is 11.6 Å². The Morgan fingerprint density at radius 3 is 1.94 bits per heavy atom. The molecule has 0 N–H and O–H groups in total. The molecule has 0 bridgehead atoms. The van der Waals surface area contributed by atoms with E-state index >= 15 is 0 Å². The molecule has 0 saturated carbocycles. The summed E-state index contributed by atoms with van der Waals surface area (Å²) < 4.78 is 0. The molecule has 0 amide bonds.